The van der Waals surface area contributed by atoms with Crippen molar-refractivity contribution in [3.63, 3.8) is 0 Å². The molecule has 0 atom stereocenters. The SMILES string of the molecule is O=C1C(CS(=O)(=O)c2ccccc2)=Nc2cccn21. The van der Waals surface area contributed by atoms with Crippen LogP contribution in [-0.4, -0.2) is 30.4 Å². The van der Waals surface area contributed by atoms with Crippen molar-refractivity contribution >= 4 is 27.3 Å². The van der Waals surface area contributed by atoms with Crippen LogP contribution in [0.4, 0.5) is 5.82 Å². The molecule has 1 aliphatic rings. The molecule has 0 fully saturated rings. The highest BCUT2D eigenvalue weighted by Gasteiger charge is 2.28. The van der Waals surface area contributed by atoms with Crippen LogP contribution in [0.2, 0.25) is 0 Å². The van der Waals surface area contributed by atoms with E-state index in [9.17, 15) is 13.2 Å². The molecule has 6 heteroatoms. The van der Waals surface area contributed by atoms with Gasteiger partial charge in [-0.25, -0.2) is 13.4 Å². The van der Waals surface area contributed by atoms with Gasteiger partial charge in [-0.1, -0.05) is 18.2 Å². The fraction of sp³-hybridized carbons (Fsp3) is 0.0769. The third kappa shape index (κ3) is 2.00. The highest BCUT2D eigenvalue weighted by atomic mass is 32.2. The fourth-order valence-corrected chi connectivity index (χ4v) is 3.23. The second-order valence-corrected chi connectivity index (χ2v) is 6.16. The van der Waals surface area contributed by atoms with Crippen LogP contribution in [-0.2, 0) is 9.84 Å². The Balaban J connectivity index is 1.92. The maximum absolute atomic E-state index is 12.2. The molecule has 2 aromatic rings. The van der Waals surface area contributed by atoms with E-state index in [2.05, 4.69) is 4.99 Å². The van der Waals surface area contributed by atoms with Crippen molar-refractivity contribution in [3.8, 4) is 0 Å². The van der Waals surface area contributed by atoms with Gasteiger partial charge in [0.1, 0.15) is 17.3 Å². The molecule has 1 aromatic carbocycles. The molecule has 0 unspecified atom stereocenters. The van der Waals surface area contributed by atoms with Gasteiger partial charge in [-0.3, -0.25) is 9.36 Å². The number of sulfone groups is 1. The fourth-order valence-electron chi connectivity index (χ4n) is 1.95. The largest absolute Gasteiger partial charge is 0.279 e. The normalized spacial score (nSPS) is 14.3. The molecule has 19 heavy (non-hydrogen) atoms. The first-order valence-corrected chi connectivity index (χ1v) is 7.30. The Morgan fingerprint density at radius 2 is 1.79 bits per heavy atom. The highest BCUT2D eigenvalue weighted by Crippen LogP contribution is 2.21. The van der Waals surface area contributed by atoms with E-state index in [0.717, 1.165) is 0 Å². The Labute approximate surface area is 110 Å². The molecule has 0 N–H and O–H groups in total. The Kier molecular flexibility index (Phi) is 2.60. The van der Waals surface area contributed by atoms with E-state index in [-0.39, 0.29) is 22.3 Å². The lowest BCUT2D eigenvalue weighted by molar-refractivity contribution is 0.0997. The van der Waals surface area contributed by atoms with Crippen molar-refractivity contribution < 1.29 is 13.2 Å². The highest BCUT2D eigenvalue weighted by molar-refractivity contribution is 7.92. The van der Waals surface area contributed by atoms with Gasteiger partial charge in [0, 0.05) is 6.20 Å². The molecular formula is C13H10N2O3S. The lowest BCUT2D eigenvalue weighted by Crippen LogP contribution is -2.24. The van der Waals surface area contributed by atoms with Crippen molar-refractivity contribution in [3.05, 3.63) is 48.7 Å². The number of hydrogen-bond donors (Lipinski definition) is 0. The van der Waals surface area contributed by atoms with Gasteiger partial charge < -0.3 is 0 Å². The lowest BCUT2D eigenvalue weighted by Gasteiger charge is -2.03. The van der Waals surface area contributed by atoms with Crippen molar-refractivity contribution in [2.45, 2.75) is 4.90 Å². The van der Waals surface area contributed by atoms with Crippen LogP contribution in [0.1, 0.15) is 4.79 Å². The van der Waals surface area contributed by atoms with E-state index >= 15 is 0 Å². The summed E-state index contributed by atoms with van der Waals surface area (Å²) in [7, 11) is -3.54. The Morgan fingerprint density at radius 3 is 2.47 bits per heavy atom. The molecule has 0 spiro atoms. The van der Waals surface area contributed by atoms with Crippen molar-refractivity contribution in [2.75, 3.05) is 5.75 Å². The molecule has 96 valence electrons. The molecule has 0 bridgehead atoms. The number of nitrogens with zero attached hydrogens (tertiary/aromatic N) is 2. The number of carbonyl (C=O) groups is 1. The number of aliphatic imine (C=N–C) groups is 1. The van der Waals surface area contributed by atoms with Crippen molar-refractivity contribution in [1.82, 2.24) is 4.57 Å². The van der Waals surface area contributed by atoms with Crippen LogP contribution in [0.5, 0.6) is 0 Å². The number of rotatable bonds is 3. The molecule has 1 aromatic heterocycles. The average molecular weight is 274 g/mol. The van der Waals surface area contributed by atoms with Crippen molar-refractivity contribution in [1.29, 1.82) is 0 Å². The minimum Gasteiger partial charge on any atom is -0.267 e. The van der Waals surface area contributed by atoms with Crippen LogP contribution >= 0.6 is 0 Å². The van der Waals surface area contributed by atoms with Crippen LogP contribution in [0.3, 0.4) is 0 Å². The Bertz CT molecular complexity index is 773. The zero-order chi connectivity index (χ0) is 13.5. The van der Waals surface area contributed by atoms with E-state index in [4.69, 9.17) is 0 Å². The standard InChI is InChI=1S/C13H10N2O3S/c16-13-11(14-12-7-4-8-15(12)13)9-19(17,18)10-5-2-1-3-6-10/h1-8H,9H2. The quantitative estimate of drug-likeness (QED) is 0.855. The van der Waals surface area contributed by atoms with E-state index < -0.39 is 9.84 Å². The minimum atomic E-state index is -3.54. The lowest BCUT2D eigenvalue weighted by atomic mass is 10.4. The summed E-state index contributed by atoms with van der Waals surface area (Å²) in [6.45, 7) is 0. The van der Waals surface area contributed by atoms with E-state index in [1.165, 1.54) is 16.7 Å². The summed E-state index contributed by atoms with van der Waals surface area (Å²) in [6, 6.07) is 11.4. The van der Waals surface area contributed by atoms with Gasteiger partial charge in [0.25, 0.3) is 5.91 Å². The summed E-state index contributed by atoms with van der Waals surface area (Å²) in [5.41, 5.74) is 0.0550. The molecule has 2 heterocycles. The summed E-state index contributed by atoms with van der Waals surface area (Å²) in [4.78, 5) is 16.2. The van der Waals surface area contributed by atoms with Gasteiger partial charge in [-0.05, 0) is 24.3 Å². The van der Waals surface area contributed by atoms with E-state index in [0.29, 0.717) is 5.82 Å². The Morgan fingerprint density at radius 1 is 1.05 bits per heavy atom. The van der Waals surface area contributed by atoms with Gasteiger partial charge in [-0.2, -0.15) is 0 Å². The Hall–Kier alpha value is -2.21. The number of carbonyl (C=O) groups excluding carboxylic acids is 1. The van der Waals surface area contributed by atoms with Crippen LogP contribution < -0.4 is 0 Å². The zero-order valence-electron chi connectivity index (χ0n) is 9.85. The molecule has 0 saturated heterocycles. The average Bonchev–Trinajstić information content (AvgIpc) is 2.95. The molecular weight excluding hydrogens is 264 g/mol. The number of hydrogen-bond acceptors (Lipinski definition) is 4. The van der Waals surface area contributed by atoms with Gasteiger partial charge in [0.2, 0.25) is 0 Å². The molecule has 0 radical (unpaired) electrons. The predicted octanol–water partition coefficient (Wildman–Crippen LogP) is 1.69. The van der Waals surface area contributed by atoms with Gasteiger partial charge in [0.15, 0.2) is 9.84 Å². The maximum Gasteiger partial charge on any atom is 0.279 e. The molecule has 5 nitrogen and oxygen atoms in total. The first-order chi connectivity index (χ1) is 9.08. The van der Waals surface area contributed by atoms with Gasteiger partial charge in [-0.15, -0.1) is 0 Å². The zero-order valence-corrected chi connectivity index (χ0v) is 10.7. The van der Waals surface area contributed by atoms with E-state index in [1.54, 1.807) is 36.5 Å². The summed E-state index contributed by atoms with van der Waals surface area (Å²) in [5, 5.41) is 0. The first-order valence-electron chi connectivity index (χ1n) is 5.65. The second kappa shape index (κ2) is 4.17. The number of fused-ring (bicyclic) bond motifs is 1. The number of aromatic nitrogens is 1. The first kappa shape index (κ1) is 11.9. The summed E-state index contributed by atoms with van der Waals surface area (Å²) >= 11 is 0. The van der Waals surface area contributed by atoms with Crippen LogP contribution in [0.25, 0.3) is 0 Å². The smallest absolute Gasteiger partial charge is 0.267 e. The molecule has 0 saturated carbocycles. The van der Waals surface area contributed by atoms with E-state index in [1.807, 2.05) is 0 Å². The summed E-state index contributed by atoms with van der Waals surface area (Å²) in [6.07, 6.45) is 1.57. The minimum absolute atomic E-state index is 0.0550. The molecule has 1 aliphatic heterocycles. The molecule has 3 rings (SSSR count). The van der Waals surface area contributed by atoms with Gasteiger partial charge in [0.05, 0.1) is 4.90 Å². The maximum atomic E-state index is 12.2. The second-order valence-electron chi connectivity index (χ2n) is 4.17. The van der Waals surface area contributed by atoms with Gasteiger partial charge >= 0.3 is 0 Å². The summed E-state index contributed by atoms with van der Waals surface area (Å²) in [5.74, 6) is -0.278. The van der Waals surface area contributed by atoms with Crippen molar-refractivity contribution in [2.24, 2.45) is 4.99 Å². The third-order valence-electron chi connectivity index (χ3n) is 2.87. The monoisotopic (exact) mass is 274 g/mol. The summed E-state index contributed by atoms with van der Waals surface area (Å²) < 4.78 is 25.7. The topological polar surface area (TPSA) is 68.5 Å². The number of benzene rings is 1. The molecule has 0 aliphatic carbocycles. The van der Waals surface area contributed by atoms with Crippen LogP contribution in [0, 0.1) is 0 Å². The predicted molar refractivity (Wildman–Crippen MR) is 70.6 cm³/mol. The van der Waals surface area contributed by atoms with Crippen LogP contribution in [0.15, 0.2) is 58.5 Å². The molecule has 0 amide bonds. The third-order valence-corrected chi connectivity index (χ3v) is 4.52.